The van der Waals surface area contributed by atoms with Gasteiger partial charge in [-0.25, -0.2) is 0 Å². The summed E-state index contributed by atoms with van der Waals surface area (Å²) in [5.74, 6) is 0.157. The third kappa shape index (κ3) is 1.27. The van der Waals surface area contributed by atoms with Gasteiger partial charge in [0.25, 0.3) is 0 Å². The van der Waals surface area contributed by atoms with Crippen molar-refractivity contribution < 1.29 is 4.79 Å². The monoisotopic (exact) mass is 202 g/mol. The van der Waals surface area contributed by atoms with E-state index >= 15 is 0 Å². The smallest absolute Gasteiger partial charge is 0.241 e. The zero-order valence-corrected chi connectivity index (χ0v) is 8.55. The first-order chi connectivity index (χ1) is 7.30. The van der Waals surface area contributed by atoms with E-state index in [-0.39, 0.29) is 11.4 Å². The molecule has 1 aliphatic carbocycles. The van der Waals surface area contributed by atoms with Gasteiger partial charge in [0, 0.05) is 25.9 Å². The predicted octanol–water partition coefficient (Wildman–Crippen LogP) is 0.243. The molecule has 1 fully saturated rings. The van der Waals surface area contributed by atoms with Gasteiger partial charge >= 0.3 is 0 Å². The van der Waals surface area contributed by atoms with E-state index in [1.165, 1.54) is 11.1 Å². The molecule has 3 heteroatoms. The van der Waals surface area contributed by atoms with Crippen molar-refractivity contribution in [1.82, 2.24) is 10.6 Å². The van der Waals surface area contributed by atoms with Crippen LogP contribution in [0.4, 0.5) is 0 Å². The van der Waals surface area contributed by atoms with Crippen LogP contribution in [0.5, 0.6) is 0 Å². The van der Waals surface area contributed by atoms with Crippen LogP contribution < -0.4 is 10.6 Å². The summed E-state index contributed by atoms with van der Waals surface area (Å²) in [6, 6.07) is 8.32. The molecule has 3 nitrogen and oxygen atoms in total. The van der Waals surface area contributed by atoms with Crippen molar-refractivity contribution >= 4 is 5.91 Å². The Morgan fingerprint density at radius 2 is 1.73 bits per heavy atom. The van der Waals surface area contributed by atoms with E-state index < -0.39 is 0 Å². The molecule has 1 heterocycles. The number of piperazine rings is 1. The molecular formula is C12H14N2O. The van der Waals surface area contributed by atoms with Crippen molar-refractivity contribution in [2.75, 3.05) is 13.1 Å². The summed E-state index contributed by atoms with van der Waals surface area (Å²) in [6.45, 7) is 1.62. The van der Waals surface area contributed by atoms with E-state index in [9.17, 15) is 4.79 Å². The van der Waals surface area contributed by atoms with Crippen LogP contribution in [0.25, 0.3) is 0 Å². The molecular weight excluding hydrogens is 188 g/mol. The lowest BCUT2D eigenvalue weighted by molar-refractivity contribution is -0.128. The second-order valence-corrected chi connectivity index (χ2v) is 4.39. The van der Waals surface area contributed by atoms with Crippen LogP contribution in [0, 0.1) is 0 Å². The van der Waals surface area contributed by atoms with Crippen LogP contribution in [-0.4, -0.2) is 24.5 Å². The Balaban J connectivity index is 1.96. The summed E-state index contributed by atoms with van der Waals surface area (Å²) in [4.78, 5) is 11.9. The highest BCUT2D eigenvalue weighted by atomic mass is 16.2. The molecule has 2 N–H and O–H groups in total. The van der Waals surface area contributed by atoms with Crippen molar-refractivity contribution in [1.29, 1.82) is 0 Å². The Morgan fingerprint density at radius 3 is 2.33 bits per heavy atom. The second-order valence-electron chi connectivity index (χ2n) is 4.39. The van der Waals surface area contributed by atoms with Gasteiger partial charge in [-0.05, 0) is 11.1 Å². The van der Waals surface area contributed by atoms with E-state index in [0.29, 0.717) is 0 Å². The number of fused-ring (bicyclic) bond motifs is 1. The highest BCUT2D eigenvalue weighted by molar-refractivity contribution is 5.89. The molecule has 0 unspecified atom stereocenters. The number of benzene rings is 1. The Hall–Kier alpha value is -1.35. The number of hydrogen-bond donors (Lipinski definition) is 2. The van der Waals surface area contributed by atoms with Gasteiger partial charge in [-0.2, -0.15) is 0 Å². The molecule has 0 saturated carbocycles. The number of amides is 1. The summed E-state index contributed by atoms with van der Waals surface area (Å²) in [5, 5.41) is 6.33. The lowest BCUT2D eigenvalue weighted by Gasteiger charge is -2.33. The third-order valence-corrected chi connectivity index (χ3v) is 3.41. The predicted molar refractivity (Wildman–Crippen MR) is 57.6 cm³/mol. The Bertz CT molecular complexity index is 389. The van der Waals surface area contributed by atoms with Gasteiger partial charge < -0.3 is 10.6 Å². The SMILES string of the molecule is O=C1NCCNC12Cc1ccccc1C2. The quantitative estimate of drug-likeness (QED) is 0.633. The minimum absolute atomic E-state index is 0.157. The summed E-state index contributed by atoms with van der Waals surface area (Å²) in [7, 11) is 0. The molecule has 1 aliphatic heterocycles. The Morgan fingerprint density at radius 1 is 1.07 bits per heavy atom. The molecule has 1 spiro atoms. The summed E-state index contributed by atoms with van der Waals surface area (Å²) in [5.41, 5.74) is 2.26. The molecule has 2 aliphatic rings. The Kier molecular flexibility index (Phi) is 1.83. The summed E-state index contributed by atoms with van der Waals surface area (Å²) < 4.78 is 0. The zero-order valence-electron chi connectivity index (χ0n) is 8.55. The fourth-order valence-corrected chi connectivity index (χ4v) is 2.63. The highest BCUT2D eigenvalue weighted by Crippen LogP contribution is 2.30. The number of carbonyl (C=O) groups excluding carboxylic acids is 1. The minimum Gasteiger partial charge on any atom is -0.353 e. The van der Waals surface area contributed by atoms with Crippen molar-refractivity contribution in [3.63, 3.8) is 0 Å². The average Bonchev–Trinajstić information content (AvgIpc) is 2.62. The number of rotatable bonds is 0. The van der Waals surface area contributed by atoms with Gasteiger partial charge in [-0.15, -0.1) is 0 Å². The van der Waals surface area contributed by atoms with Gasteiger partial charge in [0.2, 0.25) is 5.91 Å². The van der Waals surface area contributed by atoms with E-state index in [4.69, 9.17) is 0 Å². The lowest BCUT2D eigenvalue weighted by atomic mass is 9.93. The largest absolute Gasteiger partial charge is 0.353 e. The normalized spacial score (nSPS) is 22.5. The number of hydrogen-bond acceptors (Lipinski definition) is 2. The first kappa shape index (κ1) is 8.92. The van der Waals surface area contributed by atoms with Crippen molar-refractivity contribution in [2.45, 2.75) is 18.4 Å². The number of carbonyl (C=O) groups is 1. The number of nitrogens with one attached hydrogen (secondary N) is 2. The maximum atomic E-state index is 11.9. The maximum absolute atomic E-state index is 11.9. The zero-order chi connectivity index (χ0) is 10.3. The van der Waals surface area contributed by atoms with Crippen LogP contribution in [-0.2, 0) is 17.6 Å². The van der Waals surface area contributed by atoms with Gasteiger partial charge in [0.15, 0.2) is 0 Å². The van der Waals surface area contributed by atoms with E-state index in [0.717, 1.165) is 25.9 Å². The van der Waals surface area contributed by atoms with Gasteiger partial charge in [0.1, 0.15) is 5.54 Å². The molecule has 0 radical (unpaired) electrons. The molecule has 1 saturated heterocycles. The fraction of sp³-hybridized carbons (Fsp3) is 0.417. The van der Waals surface area contributed by atoms with E-state index in [2.05, 4.69) is 22.8 Å². The van der Waals surface area contributed by atoms with Crippen LogP contribution in [0.1, 0.15) is 11.1 Å². The molecule has 3 rings (SSSR count). The first-order valence-electron chi connectivity index (χ1n) is 5.40. The Labute approximate surface area is 88.9 Å². The standard InChI is InChI=1S/C12H14N2O/c15-11-12(14-6-5-13-11)7-9-3-1-2-4-10(9)8-12/h1-4,14H,5-8H2,(H,13,15). The van der Waals surface area contributed by atoms with Crippen LogP contribution in [0.15, 0.2) is 24.3 Å². The van der Waals surface area contributed by atoms with Gasteiger partial charge in [-0.3, -0.25) is 4.79 Å². The third-order valence-electron chi connectivity index (χ3n) is 3.41. The topological polar surface area (TPSA) is 41.1 Å². The summed E-state index contributed by atoms with van der Waals surface area (Å²) in [6.07, 6.45) is 1.66. The van der Waals surface area contributed by atoms with Crippen molar-refractivity contribution in [3.05, 3.63) is 35.4 Å². The van der Waals surface area contributed by atoms with Gasteiger partial charge in [-0.1, -0.05) is 24.3 Å². The van der Waals surface area contributed by atoms with Crippen LogP contribution in [0.2, 0.25) is 0 Å². The summed E-state index contributed by atoms with van der Waals surface area (Å²) >= 11 is 0. The molecule has 15 heavy (non-hydrogen) atoms. The molecule has 78 valence electrons. The van der Waals surface area contributed by atoms with Crippen LogP contribution in [0.3, 0.4) is 0 Å². The molecule has 1 amide bonds. The average molecular weight is 202 g/mol. The first-order valence-corrected chi connectivity index (χ1v) is 5.40. The lowest BCUT2D eigenvalue weighted by Crippen LogP contribution is -2.63. The highest BCUT2D eigenvalue weighted by Gasteiger charge is 2.44. The van der Waals surface area contributed by atoms with Crippen molar-refractivity contribution in [2.24, 2.45) is 0 Å². The molecule has 0 atom stereocenters. The van der Waals surface area contributed by atoms with Crippen LogP contribution >= 0.6 is 0 Å². The molecule has 0 aromatic heterocycles. The van der Waals surface area contributed by atoms with E-state index in [1.54, 1.807) is 0 Å². The van der Waals surface area contributed by atoms with Crippen molar-refractivity contribution in [3.8, 4) is 0 Å². The molecule has 1 aromatic rings. The second kappa shape index (κ2) is 3.07. The molecule has 0 bridgehead atoms. The van der Waals surface area contributed by atoms with E-state index in [1.807, 2.05) is 12.1 Å². The van der Waals surface area contributed by atoms with Gasteiger partial charge in [0.05, 0.1) is 0 Å². The molecule has 1 aromatic carbocycles. The maximum Gasteiger partial charge on any atom is 0.241 e. The minimum atomic E-state index is -0.359. The fourth-order valence-electron chi connectivity index (χ4n) is 2.63.